The highest BCUT2D eigenvalue weighted by Gasteiger charge is 2.27. The number of nitrogens with two attached hydrogens (primary N) is 1. The van der Waals surface area contributed by atoms with Gasteiger partial charge < -0.3 is 16.2 Å². The van der Waals surface area contributed by atoms with E-state index >= 15 is 0 Å². The molecule has 1 aromatic heterocycles. The number of phenolic OH excluding ortho intramolecular Hbond substituents is 1. The van der Waals surface area contributed by atoms with Gasteiger partial charge in [-0.25, -0.2) is 9.97 Å². The fourth-order valence-corrected chi connectivity index (χ4v) is 3.81. The van der Waals surface area contributed by atoms with Gasteiger partial charge in [0.15, 0.2) is 5.82 Å². The molecule has 4 N–H and O–H groups in total. The molecule has 6 nitrogen and oxygen atoms in total. The average Bonchev–Trinajstić information content (AvgIpc) is 2.64. The summed E-state index contributed by atoms with van der Waals surface area (Å²) in [5.74, 6) is 1.29. The molecule has 2 aromatic rings. The molecule has 1 aliphatic carbocycles. The van der Waals surface area contributed by atoms with E-state index in [4.69, 9.17) is 17.3 Å². The topological polar surface area (TPSA) is 108 Å². The normalized spacial score (nSPS) is 19.9. The molecule has 0 saturated heterocycles. The van der Waals surface area contributed by atoms with E-state index in [1.54, 1.807) is 12.1 Å². The maximum Gasteiger partial charge on any atom is 0.165 e. The molecule has 1 saturated carbocycles. The Morgan fingerprint density at radius 1 is 1.31 bits per heavy atom. The van der Waals surface area contributed by atoms with E-state index < -0.39 is 0 Å². The Labute approximate surface area is 158 Å². The highest BCUT2D eigenvalue weighted by Crippen LogP contribution is 2.38. The number of phenols is 1. The number of hydrogen-bond acceptors (Lipinski definition) is 6. The highest BCUT2D eigenvalue weighted by molar-refractivity contribution is 6.30. The third-order valence-corrected chi connectivity index (χ3v) is 5.24. The summed E-state index contributed by atoms with van der Waals surface area (Å²) >= 11 is 6.04. The number of hydrogen-bond donors (Lipinski definition) is 3. The summed E-state index contributed by atoms with van der Waals surface area (Å²) in [6.07, 6.45) is 4.08. The second kappa shape index (κ2) is 7.90. The maximum atomic E-state index is 10.1. The fraction of sp³-hybridized carbons (Fsp3) is 0.421. The van der Waals surface area contributed by atoms with E-state index in [0.29, 0.717) is 33.6 Å². The first-order chi connectivity index (χ1) is 12.5. The van der Waals surface area contributed by atoms with Gasteiger partial charge in [-0.05, 0) is 63.4 Å². The summed E-state index contributed by atoms with van der Waals surface area (Å²) in [5.41, 5.74) is 7.48. The predicted octanol–water partition coefficient (Wildman–Crippen LogP) is 3.45. The Morgan fingerprint density at radius 3 is 2.69 bits per heavy atom. The summed E-state index contributed by atoms with van der Waals surface area (Å²) in [6.45, 7) is 1.01. The Bertz CT molecular complexity index is 841. The van der Waals surface area contributed by atoms with Crippen LogP contribution in [-0.4, -0.2) is 28.7 Å². The van der Waals surface area contributed by atoms with Crippen LogP contribution in [0.4, 0.5) is 5.82 Å². The number of anilines is 1. The van der Waals surface area contributed by atoms with Crippen LogP contribution in [0.2, 0.25) is 5.02 Å². The van der Waals surface area contributed by atoms with Gasteiger partial charge in [-0.1, -0.05) is 11.6 Å². The number of aromatic nitrogens is 2. The van der Waals surface area contributed by atoms with Gasteiger partial charge in [-0.2, -0.15) is 5.26 Å². The van der Waals surface area contributed by atoms with Crippen LogP contribution in [0.15, 0.2) is 18.2 Å². The minimum Gasteiger partial charge on any atom is -0.507 e. The summed E-state index contributed by atoms with van der Waals surface area (Å²) < 4.78 is 0. The fourth-order valence-electron chi connectivity index (χ4n) is 3.64. The maximum absolute atomic E-state index is 10.1. The number of halogens is 1. The van der Waals surface area contributed by atoms with Crippen molar-refractivity contribution in [1.82, 2.24) is 15.3 Å². The minimum absolute atomic E-state index is 0.0298. The van der Waals surface area contributed by atoms with Crippen molar-refractivity contribution in [3.63, 3.8) is 0 Å². The first-order valence-electron chi connectivity index (χ1n) is 8.74. The molecule has 0 amide bonds. The SMILES string of the molecule is CNCC1CCC(c2nc(-c3cc(Cl)ccc3O)nc(N)c2C#N)CC1. The van der Waals surface area contributed by atoms with Crippen molar-refractivity contribution >= 4 is 17.4 Å². The standard InChI is InChI=1S/C19H22ClN5O/c1-23-10-11-2-4-12(5-3-11)17-15(9-21)18(22)25-19(24-17)14-8-13(20)6-7-16(14)26/h6-8,11-12,23,26H,2-5,10H2,1H3,(H2,22,24,25). The molecule has 1 aromatic carbocycles. The number of nitriles is 1. The largest absolute Gasteiger partial charge is 0.507 e. The van der Waals surface area contributed by atoms with Crippen molar-refractivity contribution in [2.75, 3.05) is 19.3 Å². The third-order valence-electron chi connectivity index (χ3n) is 5.00. The van der Waals surface area contributed by atoms with Crippen molar-refractivity contribution in [1.29, 1.82) is 5.26 Å². The number of rotatable bonds is 4. The van der Waals surface area contributed by atoms with E-state index in [0.717, 1.165) is 32.2 Å². The van der Waals surface area contributed by atoms with Crippen LogP contribution >= 0.6 is 11.6 Å². The average molecular weight is 372 g/mol. The van der Waals surface area contributed by atoms with Crippen molar-refractivity contribution in [3.8, 4) is 23.2 Å². The molecule has 0 bridgehead atoms. The molecule has 136 valence electrons. The number of nitrogens with one attached hydrogen (secondary N) is 1. The lowest BCUT2D eigenvalue weighted by atomic mass is 9.79. The molecule has 1 fully saturated rings. The van der Waals surface area contributed by atoms with E-state index in [-0.39, 0.29) is 17.5 Å². The smallest absolute Gasteiger partial charge is 0.165 e. The second-order valence-electron chi connectivity index (χ2n) is 6.74. The van der Waals surface area contributed by atoms with Crippen LogP contribution in [0.25, 0.3) is 11.4 Å². The zero-order valence-corrected chi connectivity index (χ0v) is 15.4. The van der Waals surface area contributed by atoms with Gasteiger partial charge >= 0.3 is 0 Å². The Morgan fingerprint density at radius 2 is 2.04 bits per heavy atom. The zero-order valence-electron chi connectivity index (χ0n) is 14.7. The molecule has 7 heteroatoms. The van der Waals surface area contributed by atoms with Gasteiger partial charge in [0, 0.05) is 10.9 Å². The van der Waals surface area contributed by atoms with Crippen LogP contribution in [0.3, 0.4) is 0 Å². The van der Waals surface area contributed by atoms with Gasteiger partial charge in [0.25, 0.3) is 0 Å². The predicted molar refractivity (Wildman–Crippen MR) is 102 cm³/mol. The second-order valence-corrected chi connectivity index (χ2v) is 7.18. The molecule has 0 unspecified atom stereocenters. The van der Waals surface area contributed by atoms with Gasteiger partial charge in [0.2, 0.25) is 0 Å². The number of nitrogens with zero attached hydrogens (tertiary/aromatic N) is 3. The van der Waals surface area contributed by atoms with Crippen molar-refractivity contribution in [2.45, 2.75) is 31.6 Å². The Balaban J connectivity index is 1.99. The monoisotopic (exact) mass is 371 g/mol. The molecular weight excluding hydrogens is 350 g/mol. The number of nitrogen functional groups attached to an aromatic ring is 1. The number of benzene rings is 1. The third kappa shape index (κ3) is 3.74. The molecule has 0 spiro atoms. The first-order valence-corrected chi connectivity index (χ1v) is 9.12. The van der Waals surface area contributed by atoms with E-state index in [9.17, 15) is 10.4 Å². The molecule has 0 atom stereocenters. The molecular formula is C19H22ClN5O. The van der Waals surface area contributed by atoms with E-state index in [2.05, 4.69) is 21.4 Å². The molecule has 1 aliphatic rings. The molecule has 3 rings (SSSR count). The van der Waals surface area contributed by atoms with Gasteiger partial charge in [-0.15, -0.1) is 0 Å². The first kappa shape index (κ1) is 18.4. The summed E-state index contributed by atoms with van der Waals surface area (Å²) in [4.78, 5) is 8.85. The van der Waals surface area contributed by atoms with Crippen LogP contribution in [-0.2, 0) is 0 Å². The molecule has 1 heterocycles. The number of aromatic hydroxyl groups is 1. The summed E-state index contributed by atoms with van der Waals surface area (Å²) in [6, 6.07) is 6.85. The summed E-state index contributed by atoms with van der Waals surface area (Å²) in [5, 5.41) is 23.4. The molecule has 0 radical (unpaired) electrons. The van der Waals surface area contributed by atoms with Gasteiger partial charge in [0.05, 0.1) is 11.3 Å². The quantitative estimate of drug-likeness (QED) is 0.759. The van der Waals surface area contributed by atoms with Crippen LogP contribution in [0.1, 0.15) is 42.9 Å². The Hall–Kier alpha value is -2.36. The highest BCUT2D eigenvalue weighted by atomic mass is 35.5. The van der Waals surface area contributed by atoms with Crippen LogP contribution < -0.4 is 11.1 Å². The van der Waals surface area contributed by atoms with Crippen molar-refractivity contribution < 1.29 is 5.11 Å². The van der Waals surface area contributed by atoms with E-state index in [1.165, 1.54) is 6.07 Å². The van der Waals surface area contributed by atoms with Crippen molar-refractivity contribution in [2.24, 2.45) is 5.92 Å². The van der Waals surface area contributed by atoms with Gasteiger partial charge in [-0.3, -0.25) is 0 Å². The lowest BCUT2D eigenvalue weighted by molar-refractivity contribution is 0.316. The summed E-state index contributed by atoms with van der Waals surface area (Å²) in [7, 11) is 1.97. The molecule has 0 aliphatic heterocycles. The van der Waals surface area contributed by atoms with Gasteiger partial charge in [0.1, 0.15) is 23.2 Å². The van der Waals surface area contributed by atoms with Crippen molar-refractivity contribution in [3.05, 3.63) is 34.5 Å². The van der Waals surface area contributed by atoms with Crippen LogP contribution in [0, 0.1) is 17.2 Å². The lowest BCUT2D eigenvalue weighted by Crippen LogP contribution is -2.24. The van der Waals surface area contributed by atoms with E-state index in [1.807, 2.05) is 7.05 Å². The lowest BCUT2D eigenvalue weighted by Gasteiger charge is -2.28. The molecule has 26 heavy (non-hydrogen) atoms. The van der Waals surface area contributed by atoms with Crippen LogP contribution in [0.5, 0.6) is 5.75 Å². The zero-order chi connectivity index (χ0) is 18.7. The Kier molecular flexibility index (Phi) is 5.60. The minimum atomic E-state index is 0.0298.